The zero-order chi connectivity index (χ0) is 24.1. The Labute approximate surface area is 198 Å². The number of nitrogens with zero attached hydrogens (tertiary/aromatic N) is 2. The second-order valence-corrected chi connectivity index (χ2v) is 7.92. The van der Waals surface area contributed by atoms with Crippen LogP contribution in [0.15, 0.2) is 54.7 Å². The van der Waals surface area contributed by atoms with E-state index in [-0.39, 0.29) is 24.1 Å². The zero-order valence-corrected chi connectivity index (χ0v) is 19.5. The maximum atomic E-state index is 13.3. The minimum Gasteiger partial charge on any atom is -0.493 e. The number of aryl methyl sites for hydroxylation is 1. The molecule has 34 heavy (non-hydrogen) atoms. The van der Waals surface area contributed by atoms with Crippen molar-refractivity contribution in [1.82, 2.24) is 10.3 Å². The zero-order valence-electron chi connectivity index (χ0n) is 19.5. The third-order valence-electron chi connectivity index (χ3n) is 5.60. The quantitative estimate of drug-likeness (QED) is 0.539. The van der Waals surface area contributed by atoms with Crippen molar-refractivity contribution in [3.8, 4) is 23.1 Å². The first-order valence-electron chi connectivity index (χ1n) is 11.0. The minimum atomic E-state index is -0.200. The van der Waals surface area contributed by atoms with Crippen LogP contribution in [0.5, 0.6) is 23.1 Å². The van der Waals surface area contributed by atoms with Gasteiger partial charge in [0.2, 0.25) is 11.8 Å². The smallest absolute Gasteiger partial charge is 0.263 e. The molecule has 0 spiro atoms. The lowest BCUT2D eigenvalue weighted by Gasteiger charge is -2.22. The number of ether oxygens (including phenoxy) is 3. The molecule has 0 saturated carbocycles. The van der Waals surface area contributed by atoms with Gasteiger partial charge in [0.15, 0.2) is 17.2 Å². The van der Waals surface area contributed by atoms with Crippen LogP contribution in [0.3, 0.4) is 0 Å². The number of methoxy groups -OCH3 is 2. The Morgan fingerprint density at radius 3 is 2.76 bits per heavy atom. The Hall–Kier alpha value is -4.07. The molecule has 0 bridgehead atoms. The molecular weight excluding hydrogens is 434 g/mol. The summed E-state index contributed by atoms with van der Waals surface area (Å²) in [5.41, 5.74) is 2.89. The normalized spacial score (nSPS) is 12.2. The Kier molecular flexibility index (Phi) is 6.96. The summed E-state index contributed by atoms with van der Waals surface area (Å²) >= 11 is 0. The van der Waals surface area contributed by atoms with Gasteiger partial charge in [-0.15, -0.1) is 0 Å². The summed E-state index contributed by atoms with van der Waals surface area (Å²) in [7, 11) is 3.14. The standard InChI is InChI=1S/C26H27N3O5/c1-17-11-12-21-20(15-17)29(26(31)19-8-5-13-27-25(19)34-21)14-6-10-23(30)28-16-18-7-4-9-22(32-2)24(18)33-3/h4-5,7-9,11-13,15H,6,10,14,16H2,1-3H3,(H,28,30). The van der Waals surface area contributed by atoms with E-state index in [1.165, 1.54) is 0 Å². The average molecular weight is 462 g/mol. The Morgan fingerprint density at radius 2 is 1.97 bits per heavy atom. The fourth-order valence-electron chi connectivity index (χ4n) is 3.91. The van der Waals surface area contributed by atoms with Gasteiger partial charge in [-0.25, -0.2) is 4.98 Å². The van der Waals surface area contributed by atoms with E-state index in [0.29, 0.717) is 48.0 Å². The predicted octanol–water partition coefficient (Wildman–Crippen LogP) is 4.26. The number of para-hydroxylation sites is 1. The minimum absolute atomic E-state index is 0.116. The van der Waals surface area contributed by atoms with Gasteiger partial charge in [-0.1, -0.05) is 18.2 Å². The van der Waals surface area contributed by atoms with Crippen molar-refractivity contribution in [2.75, 3.05) is 25.7 Å². The Morgan fingerprint density at radius 1 is 1.12 bits per heavy atom. The lowest BCUT2D eigenvalue weighted by Crippen LogP contribution is -2.32. The third kappa shape index (κ3) is 4.80. The molecule has 0 radical (unpaired) electrons. The molecule has 3 aromatic rings. The maximum Gasteiger partial charge on any atom is 0.263 e. The number of aromatic nitrogens is 1. The number of rotatable bonds is 8. The molecule has 8 heteroatoms. The molecule has 0 aliphatic carbocycles. The van der Waals surface area contributed by atoms with Crippen LogP contribution in [0.1, 0.15) is 34.3 Å². The number of anilines is 1. The number of carbonyl (C=O) groups excluding carboxylic acids is 2. The summed E-state index contributed by atoms with van der Waals surface area (Å²) in [6.07, 6.45) is 2.34. The second-order valence-electron chi connectivity index (χ2n) is 7.92. The highest BCUT2D eigenvalue weighted by atomic mass is 16.5. The van der Waals surface area contributed by atoms with Crippen LogP contribution in [-0.4, -0.2) is 37.6 Å². The van der Waals surface area contributed by atoms with E-state index >= 15 is 0 Å². The van der Waals surface area contributed by atoms with Crippen LogP contribution in [0.4, 0.5) is 5.69 Å². The van der Waals surface area contributed by atoms with Crippen molar-refractivity contribution in [1.29, 1.82) is 0 Å². The topological polar surface area (TPSA) is 90.0 Å². The van der Waals surface area contributed by atoms with Crippen LogP contribution < -0.4 is 24.4 Å². The molecule has 176 valence electrons. The monoisotopic (exact) mass is 461 g/mol. The first kappa shape index (κ1) is 23.1. The van der Waals surface area contributed by atoms with Crippen LogP contribution in [0.25, 0.3) is 0 Å². The molecule has 0 fully saturated rings. The van der Waals surface area contributed by atoms with Crippen molar-refractivity contribution in [3.63, 3.8) is 0 Å². The molecule has 1 N–H and O–H groups in total. The van der Waals surface area contributed by atoms with Crippen LogP contribution >= 0.6 is 0 Å². The SMILES string of the molecule is COc1cccc(CNC(=O)CCCN2C(=O)c3cccnc3Oc3ccc(C)cc32)c1OC. The summed E-state index contributed by atoms with van der Waals surface area (Å²) in [6, 6.07) is 14.6. The van der Waals surface area contributed by atoms with Gasteiger partial charge in [0.25, 0.3) is 5.91 Å². The molecular formula is C26H27N3O5. The average Bonchev–Trinajstić information content (AvgIpc) is 2.96. The van der Waals surface area contributed by atoms with E-state index in [9.17, 15) is 9.59 Å². The first-order valence-corrected chi connectivity index (χ1v) is 11.0. The van der Waals surface area contributed by atoms with Crippen molar-refractivity contribution in [2.24, 2.45) is 0 Å². The Balaban J connectivity index is 1.43. The van der Waals surface area contributed by atoms with Crippen molar-refractivity contribution >= 4 is 17.5 Å². The largest absolute Gasteiger partial charge is 0.493 e. The van der Waals surface area contributed by atoms with Crippen LogP contribution in [0.2, 0.25) is 0 Å². The van der Waals surface area contributed by atoms with Gasteiger partial charge in [0, 0.05) is 31.3 Å². The van der Waals surface area contributed by atoms with Crippen molar-refractivity contribution in [3.05, 3.63) is 71.4 Å². The summed E-state index contributed by atoms with van der Waals surface area (Å²) in [6.45, 7) is 2.64. The van der Waals surface area contributed by atoms with Crippen molar-refractivity contribution < 1.29 is 23.8 Å². The highest BCUT2D eigenvalue weighted by molar-refractivity contribution is 6.09. The molecule has 4 rings (SSSR count). The molecule has 1 aromatic heterocycles. The summed E-state index contributed by atoms with van der Waals surface area (Å²) < 4.78 is 16.7. The summed E-state index contributed by atoms with van der Waals surface area (Å²) in [5, 5.41) is 2.92. The molecule has 2 aromatic carbocycles. The van der Waals surface area contributed by atoms with E-state index < -0.39 is 0 Å². The fraction of sp³-hybridized carbons (Fsp3) is 0.269. The Bertz CT molecular complexity index is 1210. The third-order valence-corrected chi connectivity index (χ3v) is 5.60. The van der Waals surface area contributed by atoms with Gasteiger partial charge in [-0.05, 0) is 49.2 Å². The van der Waals surface area contributed by atoms with E-state index in [4.69, 9.17) is 14.2 Å². The number of pyridine rings is 1. The van der Waals surface area contributed by atoms with E-state index in [2.05, 4.69) is 10.3 Å². The molecule has 2 heterocycles. The van der Waals surface area contributed by atoms with Crippen LogP contribution in [-0.2, 0) is 11.3 Å². The number of hydrogen-bond acceptors (Lipinski definition) is 6. The van der Waals surface area contributed by atoms with Gasteiger partial charge in [0.1, 0.15) is 5.56 Å². The molecule has 0 atom stereocenters. The van der Waals surface area contributed by atoms with Gasteiger partial charge in [0.05, 0.1) is 19.9 Å². The lowest BCUT2D eigenvalue weighted by molar-refractivity contribution is -0.121. The predicted molar refractivity (Wildman–Crippen MR) is 128 cm³/mol. The van der Waals surface area contributed by atoms with Gasteiger partial charge >= 0.3 is 0 Å². The molecule has 1 aliphatic rings. The number of fused-ring (bicyclic) bond motifs is 2. The number of benzene rings is 2. The van der Waals surface area contributed by atoms with E-state index in [0.717, 1.165) is 11.1 Å². The number of hydrogen-bond donors (Lipinski definition) is 1. The van der Waals surface area contributed by atoms with E-state index in [1.54, 1.807) is 43.5 Å². The number of amides is 2. The van der Waals surface area contributed by atoms with Crippen molar-refractivity contribution in [2.45, 2.75) is 26.3 Å². The van der Waals surface area contributed by atoms with Gasteiger partial charge in [-0.3, -0.25) is 9.59 Å². The molecule has 8 nitrogen and oxygen atoms in total. The maximum absolute atomic E-state index is 13.3. The van der Waals surface area contributed by atoms with Gasteiger partial charge in [-0.2, -0.15) is 0 Å². The van der Waals surface area contributed by atoms with Crippen LogP contribution in [0, 0.1) is 6.92 Å². The highest BCUT2D eigenvalue weighted by Gasteiger charge is 2.28. The fourth-order valence-corrected chi connectivity index (χ4v) is 3.91. The first-order chi connectivity index (χ1) is 16.5. The van der Waals surface area contributed by atoms with Gasteiger partial charge < -0.3 is 24.4 Å². The summed E-state index contributed by atoms with van der Waals surface area (Å²) in [5.74, 6) is 1.74. The molecule has 1 aliphatic heterocycles. The molecule has 0 unspecified atom stereocenters. The lowest BCUT2D eigenvalue weighted by atomic mass is 10.1. The molecule has 0 saturated heterocycles. The number of nitrogens with one attached hydrogen (secondary N) is 1. The second kappa shape index (κ2) is 10.2. The number of carbonyl (C=O) groups is 2. The highest BCUT2D eigenvalue weighted by Crippen LogP contribution is 2.38. The molecule has 2 amide bonds. The summed E-state index contributed by atoms with van der Waals surface area (Å²) in [4.78, 5) is 31.7. The van der Waals surface area contributed by atoms with E-state index in [1.807, 2.05) is 37.3 Å².